The monoisotopic (exact) mass is 320 g/mol. The smallest absolute Gasteiger partial charge is 0.0701 e. The first-order chi connectivity index (χ1) is 7.70. The number of nitrogens with zero attached hydrogens (tertiary/aromatic N) is 1. The fraction of sp³-hybridized carbons (Fsp3) is 0.636. The molecule has 2 rings (SSSR count). The molecule has 0 spiro atoms. The normalized spacial score (nSPS) is 25.5. The van der Waals surface area contributed by atoms with Crippen LogP contribution in [-0.4, -0.2) is 42.6 Å². The number of hydrogen-bond donors (Lipinski definition) is 1. The molecule has 2 atom stereocenters. The third kappa shape index (κ3) is 3.01. The number of nitrogens with one attached hydrogen (secondary N) is 1. The fourth-order valence-electron chi connectivity index (χ4n) is 2.15. The van der Waals surface area contributed by atoms with Gasteiger partial charge >= 0.3 is 0 Å². The summed E-state index contributed by atoms with van der Waals surface area (Å²) < 4.78 is 1.22. The molecule has 5 heteroatoms. The van der Waals surface area contributed by atoms with Crippen molar-refractivity contribution >= 4 is 39.0 Å². The van der Waals surface area contributed by atoms with Crippen molar-refractivity contribution < 1.29 is 0 Å². The van der Waals surface area contributed by atoms with Gasteiger partial charge in [0.2, 0.25) is 0 Å². The van der Waals surface area contributed by atoms with Crippen molar-refractivity contribution in [2.45, 2.75) is 17.8 Å². The summed E-state index contributed by atoms with van der Waals surface area (Å²) in [5, 5.41) is 6.44. The van der Waals surface area contributed by atoms with Gasteiger partial charge in [-0.2, -0.15) is 11.8 Å². The van der Waals surface area contributed by atoms with E-state index in [0.717, 1.165) is 24.9 Å². The molecule has 1 aromatic rings. The maximum Gasteiger partial charge on any atom is 0.0701 e. The zero-order valence-corrected chi connectivity index (χ0v) is 12.8. The number of likely N-dealkylation sites (N-methyl/N-ethyl adjacent to an activating group) is 1. The third-order valence-corrected chi connectivity index (χ3v) is 5.69. The van der Waals surface area contributed by atoms with Crippen LogP contribution in [0.4, 0.5) is 0 Å². The molecule has 1 aliphatic heterocycles. The largest absolute Gasteiger partial charge is 0.314 e. The highest BCUT2D eigenvalue weighted by molar-refractivity contribution is 9.11. The predicted molar refractivity (Wildman–Crippen MR) is 77.4 cm³/mol. The van der Waals surface area contributed by atoms with Gasteiger partial charge in [0.15, 0.2) is 0 Å². The SMILES string of the molecule is CSC1CNCC1N(C)Cc1csc(Br)c1. The number of hydrogen-bond acceptors (Lipinski definition) is 4. The first-order valence-electron chi connectivity index (χ1n) is 5.37. The van der Waals surface area contributed by atoms with E-state index >= 15 is 0 Å². The van der Waals surface area contributed by atoms with E-state index in [1.165, 1.54) is 9.35 Å². The van der Waals surface area contributed by atoms with Crippen LogP contribution in [0.1, 0.15) is 5.56 Å². The van der Waals surface area contributed by atoms with E-state index in [1.807, 2.05) is 11.8 Å². The van der Waals surface area contributed by atoms with Gasteiger partial charge < -0.3 is 5.32 Å². The summed E-state index contributed by atoms with van der Waals surface area (Å²) in [6.45, 7) is 3.31. The van der Waals surface area contributed by atoms with E-state index in [9.17, 15) is 0 Å². The minimum absolute atomic E-state index is 0.661. The van der Waals surface area contributed by atoms with E-state index in [0.29, 0.717) is 6.04 Å². The Kier molecular flexibility index (Phi) is 4.73. The second-order valence-corrected chi connectivity index (χ2v) is 7.54. The maximum absolute atomic E-state index is 3.51. The van der Waals surface area contributed by atoms with Gasteiger partial charge in [-0.25, -0.2) is 0 Å². The van der Waals surface area contributed by atoms with Gasteiger partial charge in [0.25, 0.3) is 0 Å². The minimum atomic E-state index is 0.661. The Morgan fingerprint density at radius 3 is 3.06 bits per heavy atom. The molecule has 2 unspecified atom stereocenters. The highest BCUT2D eigenvalue weighted by Crippen LogP contribution is 2.24. The Bertz CT molecular complexity index is 342. The Labute approximate surface area is 114 Å². The van der Waals surface area contributed by atoms with E-state index in [1.54, 1.807) is 11.3 Å². The summed E-state index contributed by atoms with van der Waals surface area (Å²) in [5.74, 6) is 0. The standard InChI is InChI=1S/C11H17BrN2S2/c1-14(6-8-3-11(12)16-7-8)9-4-13-5-10(9)15-2/h3,7,9-10,13H,4-6H2,1-2H3. The average molecular weight is 321 g/mol. The van der Waals surface area contributed by atoms with Gasteiger partial charge in [0, 0.05) is 30.9 Å². The number of thiophene rings is 1. The number of halogens is 1. The zero-order chi connectivity index (χ0) is 11.5. The Morgan fingerprint density at radius 2 is 2.44 bits per heavy atom. The fourth-order valence-corrected chi connectivity index (χ4v) is 4.26. The summed E-state index contributed by atoms with van der Waals surface area (Å²) in [5.41, 5.74) is 1.41. The van der Waals surface area contributed by atoms with Crippen molar-refractivity contribution in [2.75, 3.05) is 26.4 Å². The van der Waals surface area contributed by atoms with E-state index in [2.05, 4.69) is 50.9 Å². The Balaban J connectivity index is 1.94. The van der Waals surface area contributed by atoms with Crippen LogP contribution in [0.5, 0.6) is 0 Å². The lowest BCUT2D eigenvalue weighted by Crippen LogP contribution is -2.38. The quantitative estimate of drug-likeness (QED) is 0.918. The highest BCUT2D eigenvalue weighted by atomic mass is 79.9. The van der Waals surface area contributed by atoms with Crippen molar-refractivity contribution in [2.24, 2.45) is 0 Å². The van der Waals surface area contributed by atoms with Crippen LogP contribution in [0.2, 0.25) is 0 Å². The minimum Gasteiger partial charge on any atom is -0.314 e. The van der Waals surface area contributed by atoms with Crippen LogP contribution < -0.4 is 5.32 Å². The van der Waals surface area contributed by atoms with Crippen LogP contribution in [0, 0.1) is 0 Å². The van der Waals surface area contributed by atoms with E-state index in [-0.39, 0.29) is 0 Å². The topological polar surface area (TPSA) is 15.3 Å². The van der Waals surface area contributed by atoms with Crippen LogP contribution in [0.15, 0.2) is 15.2 Å². The summed E-state index contributed by atoms with van der Waals surface area (Å²) in [4.78, 5) is 2.47. The molecule has 1 saturated heterocycles. The third-order valence-electron chi connectivity index (χ3n) is 3.05. The van der Waals surface area contributed by atoms with Crippen LogP contribution >= 0.6 is 39.0 Å². The Morgan fingerprint density at radius 1 is 1.62 bits per heavy atom. The molecule has 0 aliphatic carbocycles. The number of thioether (sulfide) groups is 1. The van der Waals surface area contributed by atoms with Gasteiger partial charge in [0.1, 0.15) is 0 Å². The molecule has 0 radical (unpaired) electrons. The molecule has 1 N–H and O–H groups in total. The highest BCUT2D eigenvalue weighted by Gasteiger charge is 2.29. The lowest BCUT2D eigenvalue weighted by atomic mass is 10.2. The van der Waals surface area contributed by atoms with E-state index < -0.39 is 0 Å². The second kappa shape index (κ2) is 5.87. The summed E-state index contributed by atoms with van der Waals surface area (Å²) in [6.07, 6.45) is 2.21. The van der Waals surface area contributed by atoms with Crippen molar-refractivity contribution in [1.29, 1.82) is 0 Å². The van der Waals surface area contributed by atoms with E-state index in [4.69, 9.17) is 0 Å². The molecule has 90 valence electrons. The first kappa shape index (κ1) is 12.9. The van der Waals surface area contributed by atoms with Gasteiger partial charge in [-0.3, -0.25) is 4.90 Å². The molecule has 1 aliphatic rings. The van der Waals surface area contributed by atoms with Gasteiger partial charge in [0.05, 0.1) is 3.79 Å². The summed E-state index contributed by atoms with van der Waals surface area (Å²) >= 11 is 7.25. The van der Waals surface area contributed by atoms with Crippen molar-refractivity contribution in [1.82, 2.24) is 10.2 Å². The van der Waals surface area contributed by atoms with Crippen molar-refractivity contribution in [3.8, 4) is 0 Å². The molecule has 1 aromatic heterocycles. The molecule has 1 fully saturated rings. The second-order valence-electron chi connectivity index (χ2n) is 4.17. The van der Waals surface area contributed by atoms with Gasteiger partial charge in [-0.05, 0) is 46.2 Å². The van der Waals surface area contributed by atoms with Crippen LogP contribution in [-0.2, 0) is 6.54 Å². The molecule has 0 aromatic carbocycles. The van der Waals surface area contributed by atoms with Crippen LogP contribution in [0.3, 0.4) is 0 Å². The predicted octanol–water partition coefficient (Wildman–Crippen LogP) is 2.65. The maximum atomic E-state index is 3.51. The lowest BCUT2D eigenvalue weighted by Gasteiger charge is -2.27. The molecular formula is C11H17BrN2S2. The zero-order valence-electron chi connectivity index (χ0n) is 9.57. The molecule has 0 amide bonds. The lowest BCUT2D eigenvalue weighted by molar-refractivity contribution is 0.253. The number of rotatable bonds is 4. The van der Waals surface area contributed by atoms with Gasteiger partial charge in [-0.1, -0.05) is 0 Å². The van der Waals surface area contributed by atoms with Gasteiger partial charge in [-0.15, -0.1) is 11.3 Å². The molecule has 0 bridgehead atoms. The first-order valence-corrected chi connectivity index (χ1v) is 8.33. The molecule has 2 heterocycles. The summed E-state index contributed by atoms with van der Waals surface area (Å²) in [7, 11) is 2.23. The molecule has 0 saturated carbocycles. The average Bonchev–Trinajstić information content (AvgIpc) is 2.86. The van der Waals surface area contributed by atoms with Crippen LogP contribution in [0.25, 0.3) is 0 Å². The molecule has 16 heavy (non-hydrogen) atoms. The Hall–Kier alpha value is 0.450. The van der Waals surface area contributed by atoms with Crippen molar-refractivity contribution in [3.63, 3.8) is 0 Å². The molecule has 2 nitrogen and oxygen atoms in total. The molecular weight excluding hydrogens is 304 g/mol. The summed E-state index contributed by atoms with van der Waals surface area (Å²) in [6, 6.07) is 2.88. The van der Waals surface area contributed by atoms with Crippen molar-refractivity contribution in [3.05, 3.63) is 20.8 Å².